The monoisotopic (exact) mass is 482 g/mol. The number of benzene rings is 3. The van der Waals surface area contributed by atoms with Crippen LogP contribution in [-0.4, -0.2) is 41.7 Å². The molecule has 0 aromatic heterocycles. The molecule has 2 N–H and O–H groups in total. The second-order valence-corrected chi connectivity index (χ2v) is 10.7. The molecule has 1 saturated heterocycles. The van der Waals surface area contributed by atoms with E-state index in [9.17, 15) is 9.90 Å². The molecule has 4 nitrogen and oxygen atoms in total. The number of carbonyl (C=O) groups excluding carboxylic acids is 1. The first-order chi connectivity index (χ1) is 17.5. The number of rotatable bonds is 7. The van der Waals surface area contributed by atoms with Crippen LogP contribution in [0.5, 0.6) is 0 Å². The molecule has 3 aromatic carbocycles. The fourth-order valence-corrected chi connectivity index (χ4v) is 6.27. The standard InChI is InChI=1S/C32H38N2O2/c1-23(24-9-4-3-5-10-24)21-31(35)34-19-17-32(36,18-20-34)22-25-15-16-28-26(25)12-8-13-27(28)29-11-6-7-14-30(29)33-2/h3-14,23,25,33,36H,15-22H2,1-2H3/t23-,25?/m1/s1. The highest BCUT2D eigenvalue weighted by atomic mass is 16.3. The first kappa shape index (κ1) is 24.6. The summed E-state index contributed by atoms with van der Waals surface area (Å²) in [7, 11) is 1.97. The van der Waals surface area contributed by atoms with Crippen molar-refractivity contribution in [2.45, 2.75) is 62.9 Å². The summed E-state index contributed by atoms with van der Waals surface area (Å²) in [5.41, 5.74) is 7.01. The minimum atomic E-state index is -0.701. The van der Waals surface area contributed by atoms with Crippen molar-refractivity contribution < 1.29 is 9.90 Å². The van der Waals surface area contributed by atoms with Crippen LogP contribution in [0.4, 0.5) is 5.69 Å². The number of anilines is 1. The van der Waals surface area contributed by atoms with Crippen LogP contribution in [0.1, 0.15) is 67.6 Å². The lowest BCUT2D eigenvalue weighted by Gasteiger charge is -2.40. The third-order valence-electron chi connectivity index (χ3n) is 8.40. The average Bonchev–Trinajstić information content (AvgIpc) is 3.31. The third-order valence-corrected chi connectivity index (χ3v) is 8.40. The van der Waals surface area contributed by atoms with Crippen LogP contribution in [0.2, 0.25) is 0 Å². The van der Waals surface area contributed by atoms with Gasteiger partial charge in [-0.15, -0.1) is 0 Å². The largest absolute Gasteiger partial charge is 0.390 e. The molecule has 2 aliphatic rings. The van der Waals surface area contributed by atoms with Crippen molar-refractivity contribution >= 4 is 11.6 Å². The zero-order valence-electron chi connectivity index (χ0n) is 21.5. The maximum Gasteiger partial charge on any atom is 0.223 e. The predicted molar refractivity (Wildman–Crippen MR) is 147 cm³/mol. The molecule has 36 heavy (non-hydrogen) atoms. The van der Waals surface area contributed by atoms with Crippen molar-refractivity contribution in [3.05, 3.63) is 89.5 Å². The van der Waals surface area contributed by atoms with Crippen LogP contribution in [0, 0.1) is 0 Å². The Morgan fingerprint density at radius 1 is 1.00 bits per heavy atom. The van der Waals surface area contributed by atoms with Crippen molar-refractivity contribution in [1.82, 2.24) is 4.90 Å². The zero-order chi connectivity index (χ0) is 25.1. The molecule has 1 aliphatic heterocycles. The molecule has 0 saturated carbocycles. The van der Waals surface area contributed by atoms with Crippen LogP contribution in [0.15, 0.2) is 72.8 Å². The smallest absolute Gasteiger partial charge is 0.223 e. The molecule has 2 atom stereocenters. The molecule has 4 heteroatoms. The summed E-state index contributed by atoms with van der Waals surface area (Å²) in [5.74, 6) is 0.774. The van der Waals surface area contributed by atoms with Gasteiger partial charge in [-0.05, 0) is 72.3 Å². The maximum absolute atomic E-state index is 13.0. The van der Waals surface area contributed by atoms with Crippen molar-refractivity contribution in [1.29, 1.82) is 0 Å². The Labute approximate surface area is 215 Å². The minimum absolute atomic E-state index is 0.201. The Hall–Kier alpha value is -3.11. The van der Waals surface area contributed by atoms with Gasteiger partial charge in [-0.2, -0.15) is 0 Å². The molecule has 1 unspecified atom stereocenters. The van der Waals surface area contributed by atoms with Gasteiger partial charge in [-0.25, -0.2) is 0 Å². The van der Waals surface area contributed by atoms with Gasteiger partial charge < -0.3 is 15.3 Å². The number of fused-ring (bicyclic) bond motifs is 1. The van der Waals surface area contributed by atoms with E-state index < -0.39 is 5.60 Å². The fraction of sp³-hybridized carbons (Fsp3) is 0.406. The second-order valence-electron chi connectivity index (χ2n) is 10.7. The molecule has 0 bridgehead atoms. The molecule has 0 spiro atoms. The van der Waals surface area contributed by atoms with E-state index in [0.717, 1.165) is 24.9 Å². The van der Waals surface area contributed by atoms with Crippen LogP contribution < -0.4 is 5.32 Å². The predicted octanol–water partition coefficient (Wildman–Crippen LogP) is 6.36. The number of likely N-dealkylation sites (tertiary alicyclic amines) is 1. The summed E-state index contributed by atoms with van der Waals surface area (Å²) >= 11 is 0. The molecular formula is C32H38N2O2. The highest BCUT2D eigenvalue weighted by Crippen LogP contribution is 2.45. The quantitative estimate of drug-likeness (QED) is 0.412. The zero-order valence-corrected chi connectivity index (χ0v) is 21.5. The Balaban J connectivity index is 1.23. The van der Waals surface area contributed by atoms with Crippen LogP contribution in [-0.2, 0) is 11.2 Å². The Bertz CT molecular complexity index is 1200. The molecule has 1 fully saturated rings. The molecular weight excluding hydrogens is 444 g/mol. The van der Waals surface area contributed by atoms with E-state index in [0.29, 0.717) is 38.3 Å². The van der Waals surface area contributed by atoms with E-state index in [4.69, 9.17) is 0 Å². The SMILES string of the molecule is CNc1ccccc1-c1cccc2c1CCC2CC1(O)CCN(C(=O)C[C@@H](C)c2ccccc2)CC1. The van der Waals surface area contributed by atoms with E-state index >= 15 is 0 Å². The Morgan fingerprint density at radius 2 is 1.69 bits per heavy atom. The summed E-state index contributed by atoms with van der Waals surface area (Å²) in [6, 6.07) is 25.4. The summed E-state index contributed by atoms with van der Waals surface area (Å²) in [6.07, 6.45) is 4.74. The van der Waals surface area contributed by atoms with Crippen molar-refractivity contribution in [3.8, 4) is 11.1 Å². The Morgan fingerprint density at radius 3 is 2.44 bits per heavy atom. The fourth-order valence-electron chi connectivity index (χ4n) is 6.27. The summed E-state index contributed by atoms with van der Waals surface area (Å²) in [5, 5.41) is 14.9. The molecule has 3 aromatic rings. The van der Waals surface area contributed by atoms with E-state index in [2.05, 4.69) is 66.8 Å². The first-order valence-electron chi connectivity index (χ1n) is 13.4. The van der Waals surface area contributed by atoms with Crippen LogP contribution >= 0.6 is 0 Å². The van der Waals surface area contributed by atoms with Gasteiger partial charge in [0, 0.05) is 37.8 Å². The normalized spacial score (nSPS) is 19.5. The van der Waals surface area contributed by atoms with Gasteiger partial charge in [-0.3, -0.25) is 4.79 Å². The molecule has 1 heterocycles. The topological polar surface area (TPSA) is 52.6 Å². The number of piperidine rings is 1. The van der Waals surface area contributed by atoms with Gasteiger partial charge in [0.25, 0.3) is 0 Å². The second kappa shape index (κ2) is 10.5. The van der Waals surface area contributed by atoms with Gasteiger partial charge in [0.05, 0.1) is 5.60 Å². The van der Waals surface area contributed by atoms with Crippen LogP contribution in [0.25, 0.3) is 11.1 Å². The number of nitrogens with one attached hydrogen (secondary N) is 1. The molecule has 1 amide bonds. The molecule has 1 aliphatic carbocycles. The minimum Gasteiger partial charge on any atom is -0.390 e. The number of para-hydroxylation sites is 1. The number of aliphatic hydroxyl groups is 1. The molecule has 5 rings (SSSR count). The van der Waals surface area contributed by atoms with Crippen molar-refractivity contribution in [2.24, 2.45) is 0 Å². The number of carbonyl (C=O) groups is 1. The van der Waals surface area contributed by atoms with Gasteiger partial charge in [-0.1, -0.05) is 73.7 Å². The summed E-state index contributed by atoms with van der Waals surface area (Å²) < 4.78 is 0. The lowest BCUT2D eigenvalue weighted by Crippen LogP contribution is -2.47. The molecule has 188 valence electrons. The summed E-state index contributed by atoms with van der Waals surface area (Å²) in [6.45, 7) is 3.41. The van der Waals surface area contributed by atoms with E-state index in [1.165, 1.54) is 27.8 Å². The number of hydrogen-bond acceptors (Lipinski definition) is 3. The van der Waals surface area contributed by atoms with E-state index in [1.54, 1.807) is 0 Å². The summed E-state index contributed by atoms with van der Waals surface area (Å²) in [4.78, 5) is 14.9. The lowest BCUT2D eigenvalue weighted by molar-refractivity contribution is -0.136. The van der Waals surface area contributed by atoms with Crippen molar-refractivity contribution in [3.63, 3.8) is 0 Å². The maximum atomic E-state index is 13.0. The number of hydrogen-bond donors (Lipinski definition) is 2. The average molecular weight is 483 g/mol. The number of nitrogens with zero attached hydrogens (tertiary/aromatic N) is 1. The van der Waals surface area contributed by atoms with Gasteiger partial charge >= 0.3 is 0 Å². The van der Waals surface area contributed by atoms with Gasteiger partial charge in [0.15, 0.2) is 0 Å². The first-order valence-corrected chi connectivity index (χ1v) is 13.4. The van der Waals surface area contributed by atoms with Gasteiger partial charge in [0.2, 0.25) is 5.91 Å². The van der Waals surface area contributed by atoms with Gasteiger partial charge in [0.1, 0.15) is 0 Å². The van der Waals surface area contributed by atoms with Crippen LogP contribution in [0.3, 0.4) is 0 Å². The van der Waals surface area contributed by atoms with E-state index in [1.807, 2.05) is 30.1 Å². The lowest BCUT2D eigenvalue weighted by atomic mass is 9.80. The van der Waals surface area contributed by atoms with Crippen molar-refractivity contribution in [2.75, 3.05) is 25.5 Å². The molecule has 0 radical (unpaired) electrons. The highest BCUT2D eigenvalue weighted by Gasteiger charge is 2.38. The Kier molecular flexibility index (Phi) is 7.15. The van der Waals surface area contributed by atoms with E-state index in [-0.39, 0.29) is 11.8 Å². The number of amides is 1. The highest BCUT2D eigenvalue weighted by molar-refractivity contribution is 5.81. The third kappa shape index (κ3) is 5.05.